The molecule has 0 aliphatic heterocycles. The van der Waals surface area contributed by atoms with Gasteiger partial charge in [0.2, 0.25) is 21.9 Å². The summed E-state index contributed by atoms with van der Waals surface area (Å²) in [5.41, 5.74) is 0.678. The average Bonchev–Trinajstić information content (AvgIpc) is 2.87. The third-order valence-corrected chi connectivity index (χ3v) is 8.15. The summed E-state index contributed by atoms with van der Waals surface area (Å²) in [5.74, 6) is -1.10. The van der Waals surface area contributed by atoms with E-state index in [0.29, 0.717) is 28.6 Å². The number of hydrogen-bond donors (Lipinski definition) is 2. The van der Waals surface area contributed by atoms with E-state index in [1.54, 1.807) is 16.8 Å². The number of hydrogen-bond acceptors (Lipinski definition) is 9. The van der Waals surface area contributed by atoms with E-state index >= 15 is 0 Å². The number of alkyl halides is 3. The number of fused-ring (bicyclic) bond motifs is 1. The summed E-state index contributed by atoms with van der Waals surface area (Å²) in [6, 6.07) is 2.18. The van der Waals surface area contributed by atoms with Crippen molar-refractivity contribution in [3.63, 3.8) is 0 Å². The molecule has 0 spiro atoms. The zero-order chi connectivity index (χ0) is 29.2. The molecular formula is C25H33F3N8O3S. The summed E-state index contributed by atoms with van der Waals surface area (Å²) < 4.78 is 64.6. The lowest BCUT2D eigenvalue weighted by molar-refractivity contribution is -0.129. The number of sulfonamides is 1. The first kappa shape index (κ1) is 29.6. The van der Waals surface area contributed by atoms with Gasteiger partial charge in [0.05, 0.1) is 17.7 Å². The van der Waals surface area contributed by atoms with E-state index in [1.807, 2.05) is 18.6 Å². The Morgan fingerprint density at radius 3 is 2.25 bits per heavy atom. The van der Waals surface area contributed by atoms with Gasteiger partial charge in [-0.3, -0.25) is 14.1 Å². The van der Waals surface area contributed by atoms with Crippen LogP contribution in [0, 0.1) is 0 Å². The van der Waals surface area contributed by atoms with E-state index < -0.39 is 34.3 Å². The third kappa shape index (κ3) is 7.24. The maximum Gasteiger partial charge on any atom is 0.390 e. The molecule has 40 heavy (non-hydrogen) atoms. The van der Waals surface area contributed by atoms with Crippen LogP contribution in [0.4, 0.5) is 25.1 Å². The van der Waals surface area contributed by atoms with Crippen molar-refractivity contribution in [2.45, 2.75) is 70.3 Å². The highest BCUT2D eigenvalue weighted by molar-refractivity contribution is 7.92. The van der Waals surface area contributed by atoms with Crippen molar-refractivity contribution in [2.24, 2.45) is 0 Å². The average molecular weight is 583 g/mol. The van der Waals surface area contributed by atoms with Crippen LogP contribution in [0.2, 0.25) is 0 Å². The number of aromatic nitrogens is 5. The summed E-state index contributed by atoms with van der Waals surface area (Å²) in [6.45, 7) is 3.72. The van der Waals surface area contributed by atoms with Crippen molar-refractivity contribution in [1.82, 2.24) is 29.4 Å². The molecule has 2 N–H and O–H groups in total. The zero-order valence-electron chi connectivity index (χ0n) is 22.7. The van der Waals surface area contributed by atoms with Crippen LogP contribution in [-0.2, 0) is 10.0 Å². The van der Waals surface area contributed by atoms with Crippen molar-refractivity contribution in [3.8, 4) is 11.1 Å². The number of anilines is 2. The Hall–Kier alpha value is -3.33. The van der Waals surface area contributed by atoms with E-state index in [-0.39, 0.29) is 23.2 Å². The van der Waals surface area contributed by atoms with E-state index in [4.69, 9.17) is 0 Å². The standard InChI is InChI=1S/C25H33F3N8O3S/c1-15(2)36-21-16(12-31-24(33-21)32-18-5-7-19(8-6-18)35(3)4)11-20(22(36)37)17-13-29-23(30-14-17)34-40(38,39)10-9-25(26,27)28/h11-15,18-19H,5-10H2,1-4H3,(H,29,30,34)(H,31,32,33)/t18-,19-. The van der Waals surface area contributed by atoms with E-state index in [2.05, 4.69) is 44.2 Å². The Bertz CT molecular complexity index is 1500. The van der Waals surface area contributed by atoms with Crippen LogP contribution in [0.1, 0.15) is 52.0 Å². The fraction of sp³-hybridized carbons (Fsp3) is 0.560. The molecule has 3 heterocycles. The molecule has 1 aliphatic rings. The Morgan fingerprint density at radius 1 is 1.05 bits per heavy atom. The third-order valence-electron chi connectivity index (χ3n) is 6.91. The predicted molar refractivity (Wildman–Crippen MR) is 147 cm³/mol. The fourth-order valence-electron chi connectivity index (χ4n) is 4.75. The Morgan fingerprint density at radius 2 is 1.68 bits per heavy atom. The zero-order valence-corrected chi connectivity index (χ0v) is 23.6. The molecule has 0 aromatic carbocycles. The summed E-state index contributed by atoms with van der Waals surface area (Å²) in [7, 11) is -0.123. The molecular weight excluding hydrogens is 549 g/mol. The van der Waals surface area contributed by atoms with Gasteiger partial charge in [0.25, 0.3) is 5.56 Å². The molecule has 0 radical (unpaired) electrons. The SMILES string of the molecule is CC(C)n1c(=O)c(-c2cnc(NS(=O)(=O)CCC(F)(F)F)nc2)cc2cnc(N[C@H]3CC[C@H](N(C)C)CC3)nc21. The van der Waals surface area contributed by atoms with E-state index in [9.17, 15) is 26.4 Å². The molecule has 0 unspecified atom stereocenters. The van der Waals surface area contributed by atoms with Crippen LogP contribution >= 0.6 is 0 Å². The summed E-state index contributed by atoms with van der Waals surface area (Å²) in [4.78, 5) is 32.7. The highest BCUT2D eigenvalue weighted by atomic mass is 32.2. The smallest absolute Gasteiger partial charge is 0.351 e. The topological polar surface area (TPSA) is 135 Å². The van der Waals surface area contributed by atoms with Gasteiger partial charge in [0.1, 0.15) is 5.65 Å². The normalized spacial score (nSPS) is 18.4. The first-order valence-electron chi connectivity index (χ1n) is 13.0. The van der Waals surface area contributed by atoms with Crippen LogP contribution in [0.3, 0.4) is 0 Å². The molecule has 1 aliphatic carbocycles. The van der Waals surface area contributed by atoms with Crippen LogP contribution in [0.25, 0.3) is 22.2 Å². The maximum atomic E-state index is 13.5. The number of nitrogens with zero attached hydrogens (tertiary/aromatic N) is 6. The molecule has 218 valence electrons. The second-order valence-corrected chi connectivity index (χ2v) is 12.3. The van der Waals surface area contributed by atoms with Gasteiger partial charge in [-0.05, 0) is 59.7 Å². The minimum atomic E-state index is -4.61. The molecule has 0 atom stereocenters. The monoisotopic (exact) mass is 582 g/mol. The first-order chi connectivity index (χ1) is 18.7. The second kappa shape index (κ2) is 11.6. The van der Waals surface area contributed by atoms with Crippen molar-refractivity contribution in [3.05, 3.63) is 35.0 Å². The van der Waals surface area contributed by atoms with E-state index in [0.717, 1.165) is 25.7 Å². The Kier molecular flexibility index (Phi) is 8.63. The lowest BCUT2D eigenvalue weighted by atomic mass is 9.91. The minimum Gasteiger partial charge on any atom is -0.351 e. The molecule has 0 saturated heterocycles. The highest BCUT2D eigenvalue weighted by Crippen LogP contribution is 2.26. The van der Waals surface area contributed by atoms with E-state index in [1.165, 1.54) is 12.4 Å². The molecule has 3 aromatic rings. The quantitative estimate of drug-likeness (QED) is 0.386. The molecule has 0 bridgehead atoms. The van der Waals surface area contributed by atoms with Crippen molar-refractivity contribution in [2.75, 3.05) is 29.9 Å². The summed E-state index contributed by atoms with van der Waals surface area (Å²) in [6.07, 6.45) is 2.15. The van der Waals surface area contributed by atoms with Crippen LogP contribution in [-0.4, -0.2) is 75.9 Å². The molecule has 4 rings (SSSR count). The fourth-order valence-corrected chi connectivity index (χ4v) is 5.74. The Labute approximate surface area is 230 Å². The maximum absolute atomic E-state index is 13.5. The van der Waals surface area contributed by atoms with Gasteiger partial charge in [0.15, 0.2) is 0 Å². The van der Waals surface area contributed by atoms with Crippen molar-refractivity contribution < 1.29 is 21.6 Å². The van der Waals surface area contributed by atoms with Gasteiger partial charge in [-0.2, -0.15) is 18.2 Å². The van der Waals surface area contributed by atoms with Gasteiger partial charge >= 0.3 is 6.18 Å². The molecule has 11 nitrogen and oxygen atoms in total. The number of pyridine rings is 1. The molecule has 0 amide bonds. The molecule has 1 saturated carbocycles. The lowest BCUT2D eigenvalue weighted by Crippen LogP contribution is -2.36. The van der Waals surface area contributed by atoms with Crippen LogP contribution in [0.15, 0.2) is 29.5 Å². The van der Waals surface area contributed by atoms with Crippen LogP contribution < -0.4 is 15.6 Å². The molecule has 15 heteroatoms. The first-order valence-corrected chi connectivity index (χ1v) is 14.6. The predicted octanol–water partition coefficient (Wildman–Crippen LogP) is 3.81. The largest absolute Gasteiger partial charge is 0.390 e. The van der Waals surface area contributed by atoms with Gasteiger partial charge in [-0.25, -0.2) is 23.4 Å². The van der Waals surface area contributed by atoms with Gasteiger partial charge in [-0.1, -0.05) is 0 Å². The second-order valence-electron chi connectivity index (χ2n) is 10.5. The lowest BCUT2D eigenvalue weighted by Gasteiger charge is -2.33. The highest BCUT2D eigenvalue weighted by Gasteiger charge is 2.30. The number of nitrogens with one attached hydrogen (secondary N) is 2. The summed E-state index contributed by atoms with van der Waals surface area (Å²) in [5, 5.41) is 4.02. The molecule has 1 fully saturated rings. The van der Waals surface area contributed by atoms with Gasteiger partial charge < -0.3 is 10.2 Å². The van der Waals surface area contributed by atoms with Crippen molar-refractivity contribution >= 4 is 33.0 Å². The Balaban J connectivity index is 1.57. The van der Waals surface area contributed by atoms with Gasteiger partial charge in [-0.15, -0.1) is 0 Å². The number of rotatable bonds is 9. The summed E-state index contributed by atoms with van der Waals surface area (Å²) >= 11 is 0. The van der Waals surface area contributed by atoms with Crippen molar-refractivity contribution in [1.29, 1.82) is 0 Å². The molecule has 3 aromatic heterocycles. The van der Waals surface area contributed by atoms with Gasteiger partial charge in [0, 0.05) is 47.7 Å². The number of halogens is 3. The van der Waals surface area contributed by atoms with Crippen LogP contribution in [0.5, 0.6) is 0 Å². The minimum absolute atomic E-state index is 0.242.